The number of aliphatic hydroxyl groups excluding tert-OH is 1. The number of aromatic nitrogens is 2. The number of nitrogens with one attached hydrogen (secondary N) is 1. The molecule has 1 aromatic heterocycles. The molecule has 2 N–H and O–H groups in total. The van der Waals surface area contributed by atoms with Crippen molar-refractivity contribution in [2.45, 2.75) is 31.7 Å². The third kappa shape index (κ3) is 4.20. The first-order valence-corrected chi connectivity index (χ1v) is 8.89. The van der Waals surface area contributed by atoms with Crippen molar-refractivity contribution >= 4 is 6.03 Å². The Hall–Kier alpha value is -2.34. The molecule has 1 aliphatic rings. The zero-order valence-corrected chi connectivity index (χ0v) is 14.7. The van der Waals surface area contributed by atoms with Gasteiger partial charge in [-0.3, -0.25) is 4.68 Å². The summed E-state index contributed by atoms with van der Waals surface area (Å²) in [4.78, 5) is 14.5. The van der Waals surface area contributed by atoms with Gasteiger partial charge in [0.15, 0.2) is 0 Å². The molecule has 1 heterocycles. The van der Waals surface area contributed by atoms with Gasteiger partial charge in [-0.1, -0.05) is 24.3 Å². The predicted molar refractivity (Wildman–Crippen MR) is 96.2 cm³/mol. The van der Waals surface area contributed by atoms with Crippen LogP contribution >= 0.6 is 0 Å². The van der Waals surface area contributed by atoms with Gasteiger partial charge in [-0.15, -0.1) is 0 Å². The largest absolute Gasteiger partial charge is 0.395 e. The normalized spacial score (nSPS) is 16.3. The second-order valence-electron chi connectivity index (χ2n) is 6.53. The first-order valence-electron chi connectivity index (χ1n) is 8.89. The monoisotopic (exact) mass is 342 g/mol. The molecule has 1 unspecified atom stereocenters. The lowest BCUT2D eigenvalue weighted by atomic mass is 9.87. The number of carbonyl (C=O) groups excluding carboxylic acids is 1. The summed E-state index contributed by atoms with van der Waals surface area (Å²) >= 11 is 0. The van der Waals surface area contributed by atoms with Gasteiger partial charge in [-0.05, 0) is 42.4 Å². The van der Waals surface area contributed by atoms with E-state index in [4.69, 9.17) is 0 Å². The van der Waals surface area contributed by atoms with Crippen LogP contribution in [0, 0.1) is 0 Å². The van der Waals surface area contributed by atoms with E-state index in [9.17, 15) is 9.90 Å². The minimum absolute atomic E-state index is 0.0330. The standard InChI is InChI=1S/C19H26N4O2/c1-22-14-15(13-21-22)9-10-20-19(25)23(11-12-24)18-8-4-6-16-5-2-3-7-17(16)18/h2-3,5,7,13-14,18,24H,4,6,8-12H2,1H3,(H,20,25). The number of aryl methyl sites for hydroxylation is 2. The van der Waals surface area contributed by atoms with E-state index in [1.54, 1.807) is 9.58 Å². The van der Waals surface area contributed by atoms with Gasteiger partial charge in [0.1, 0.15) is 0 Å². The highest BCUT2D eigenvalue weighted by Gasteiger charge is 2.28. The van der Waals surface area contributed by atoms with Crippen LogP contribution in [0.1, 0.15) is 35.6 Å². The summed E-state index contributed by atoms with van der Waals surface area (Å²) in [6.07, 6.45) is 7.57. The topological polar surface area (TPSA) is 70.4 Å². The smallest absolute Gasteiger partial charge is 0.318 e. The summed E-state index contributed by atoms with van der Waals surface area (Å²) in [6, 6.07) is 8.24. The van der Waals surface area contributed by atoms with Crippen LogP contribution in [0.2, 0.25) is 0 Å². The number of benzene rings is 1. The maximum absolute atomic E-state index is 12.7. The van der Waals surface area contributed by atoms with Gasteiger partial charge in [-0.25, -0.2) is 4.79 Å². The molecular formula is C19H26N4O2. The lowest BCUT2D eigenvalue weighted by Crippen LogP contribution is -2.45. The van der Waals surface area contributed by atoms with Gasteiger partial charge >= 0.3 is 6.03 Å². The van der Waals surface area contributed by atoms with Crippen LogP contribution in [-0.4, -0.2) is 45.5 Å². The molecule has 0 saturated heterocycles. The first kappa shape index (κ1) is 17.5. The number of carbonyl (C=O) groups is 1. The third-order valence-electron chi connectivity index (χ3n) is 4.76. The fraction of sp³-hybridized carbons (Fsp3) is 0.474. The van der Waals surface area contributed by atoms with Crippen LogP contribution < -0.4 is 5.32 Å². The van der Waals surface area contributed by atoms with Gasteiger partial charge in [0, 0.05) is 26.3 Å². The van der Waals surface area contributed by atoms with Crippen molar-refractivity contribution in [3.05, 3.63) is 53.3 Å². The zero-order chi connectivity index (χ0) is 17.6. The molecule has 0 aliphatic heterocycles. The van der Waals surface area contributed by atoms with Crippen LogP contribution in [0.25, 0.3) is 0 Å². The quantitative estimate of drug-likeness (QED) is 0.844. The van der Waals surface area contributed by atoms with Crippen molar-refractivity contribution in [1.82, 2.24) is 20.0 Å². The summed E-state index contributed by atoms with van der Waals surface area (Å²) in [7, 11) is 1.88. The van der Waals surface area contributed by atoms with Crippen molar-refractivity contribution < 1.29 is 9.90 Å². The molecule has 6 nitrogen and oxygen atoms in total. The first-order chi connectivity index (χ1) is 12.2. The van der Waals surface area contributed by atoms with Gasteiger partial charge in [-0.2, -0.15) is 5.10 Å². The maximum Gasteiger partial charge on any atom is 0.318 e. The molecule has 0 radical (unpaired) electrons. The third-order valence-corrected chi connectivity index (χ3v) is 4.76. The van der Waals surface area contributed by atoms with E-state index >= 15 is 0 Å². The van der Waals surface area contributed by atoms with E-state index < -0.39 is 0 Å². The van der Waals surface area contributed by atoms with Crippen molar-refractivity contribution in [3.8, 4) is 0 Å². The van der Waals surface area contributed by atoms with Gasteiger partial charge in [0.05, 0.1) is 18.8 Å². The minimum atomic E-state index is -0.111. The van der Waals surface area contributed by atoms with Crippen LogP contribution in [0.3, 0.4) is 0 Å². The number of aliphatic hydroxyl groups is 1. The molecule has 0 spiro atoms. The van der Waals surface area contributed by atoms with Crippen LogP contribution in [0.15, 0.2) is 36.7 Å². The number of hydrogen-bond donors (Lipinski definition) is 2. The highest BCUT2D eigenvalue weighted by Crippen LogP contribution is 2.34. The van der Waals surface area contributed by atoms with E-state index in [0.717, 1.165) is 31.2 Å². The number of hydrogen-bond acceptors (Lipinski definition) is 3. The molecule has 1 atom stereocenters. The SMILES string of the molecule is Cn1cc(CCNC(=O)N(CCO)C2CCCc3ccccc32)cn1. The lowest BCUT2D eigenvalue weighted by molar-refractivity contribution is 0.144. The maximum atomic E-state index is 12.7. The van der Waals surface area contributed by atoms with Crippen LogP contribution in [-0.2, 0) is 19.9 Å². The summed E-state index contributed by atoms with van der Waals surface area (Å²) in [6.45, 7) is 0.868. The molecule has 2 amide bonds. The van der Waals surface area contributed by atoms with E-state index in [2.05, 4.69) is 22.5 Å². The van der Waals surface area contributed by atoms with E-state index in [0.29, 0.717) is 13.1 Å². The van der Waals surface area contributed by atoms with Gasteiger partial charge < -0.3 is 15.3 Å². The van der Waals surface area contributed by atoms with E-state index in [-0.39, 0.29) is 18.7 Å². The summed E-state index contributed by atoms with van der Waals surface area (Å²) in [5.41, 5.74) is 3.62. The number of fused-ring (bicyclic) bond motifs is 1. The number of urea groups is 1. The van der Waals surface area contributed by atoms with E-state index in [1.165, 1.54) is 11.1 Å². The molecule has 1 aromatic carbocycles. The van der Waals surface area contributed by atoms with Crippen molar-refractivity contribution in [2.24, 2.45) is 7.05 Å². The molecule has 3 rings (SSSR count). The minimum Gasteiger partial charge on any atom is -0.395 e. The lowest BCUT2D eigenvalue weighted by Gasteiger charge is -2.35. The molecule has 2 aromatic rings. The van der Waals surface area contributed by atoms with Gasteiger partial charge in [0.25, 0.3) is 0 Å². The average molecular weight is 342 g/mol. The second-order valence-corrected chi connectivity index (χ2v) is 6.53. The molecule has 6 heteroatoms. The Morgan fingerprint density at radius 1 is 1.44 bits per heavy atom. The van der Waals surface area contributed by atoms with E-state index in [1.807, 2.05) is 31.6 Å². The second kappa shape index (κ2) is 8.16. The number of nitrogens with zero attached hydrogens (tertiary/aromatic N) is 3. The Morgan fingerprint density at radius 3 is 3.04 bits per heavy atom. The zero-order valence-electron chi connectivity index (χ0n) is 14.7. The molecule has 0 fully saturated rings. The van der Waals surface area contributed by atoms with Crippen LogP contribution in [0.5, 0.6) is 0 Å². The predicted octanol–water partition coefficient (Wildman–Crippen LogP) is 2.04. The average Bonchev–Trinajstić information content (AvgIpc) is 3.04. The van der Waals surface area contributed by atoms with Crippen molar-refractivity contribution in [2.75, 3.05) is 19.7 Å². The Kier molecular flexibility index (Phi) is 5.71. The fourth-order valence-electron chi connectivity index (χ4n) is 3.57. The highest BCUT2D eigenvalue weighted by molar-refractivity contribution is 5.75. The Morgan fingerprint density at radius 2 is 2.28 bits per heavy atom. The fourth-order valence-corrected chi connectivity index (χ4v) is 3.57. The number of rotatable bonds is 6. The molecule has 25 heavy (non-hydrogen) atoms. The molecule has 0 bridgehead atoms. The Bertz CT molecular complexity index is 713. The van der Waals surface area contributed by atoms with Crippen LogP contribution in [0.4, 0.5) is 4.79 Å². The Balaban J connectivity index is 1.65. The summed E-state index contributed by atoms with van der Waals surface area (Å²) in [5, 5.41) is 16.6. The summed E-state index contributed by atoms with van der Waals surface area (Å²) < 4.78 is 1.76. The molecule has 0 saturated carbocycles. The number of amides is 2. The molecular weight excluding hydrogens is 316 g/mol. The Labute approximate surface area is 148 Å². The highest BCUT2D eigenvalue weighted by atomic mass is 16.3. The van der Waals surface area contributed by atoms with Gasteiger partial charge in [0.2, 0.25) is 0 Å². The molecule has 134 valence electrons. The van der Waals surface area contributed by atoms with Crippen molar-refractivity contribution in [3.63, 3.8) is 0 Å². The summed E-state index contributed by atoms with van der Waals surface area (Å²) in [5.74, 6) is 0. The van der Waals surface area contributed by atoms with Crippen molar-refractivity contribution in [1.29, 1.82) is 0 Å². The molecule has 1 aliphatic carbocycles.